The zero-order valence-electron chi connectivity index (χ0n) is 12.5. The molecule has 3 nitrogen and oxygen atoms in total. The van der Waals surface area contributed by atoms with Crippen molar-refractivity contribution in [3.63, 3.8) is 0 Å². The molecule has 1 unspecified atom stereocenters. The molecule has 0 radical (unpaired) electrons. The average molecular weight is 272 g/mol. The van der Waals surface area contributed by atoms with Gasteiger partial charge in [0.25, 0.3) is 0 Å². The summed E-state index contributed by atoms with van der Waals surface area (Å²) in [6.07, 6.45) is 5.75. The zero-order valence-corrected chi connectivity index (χ0v) is 12.5. The van der Waals surface area contributed by atoms with E-state index in [9.17, 15) is 4.79 Å². The lowest BCUT2D eigenvalue weighted by Crippen LogP contribution is -2.32. The molecule has 1 saturated carbocycles. The third-order valence-corrected chi connectivity index (χ3v) is 4.78. The first-order valence-electron chi connectivity index (χ1n) is 7.83. The summed E-state index contributed by atoms with van der Waals surface area (Å²) in [6, 6.07) is 7.05. The molecule has 3 rings (SSSR count). The summed E-state index contributed by atoms with van der Waals surface area (Å²) in [7, 11) is 1.87. The van der Waals surface area contributed by atoms with Crippen LogP contribution in [-0.4, -0.2) is 19.5 Å². The second kappa shape index (κ2) is 5.57. The van der Waals surface area contributed by atoms with E-state index >= 15 is 0 Å². The molecule has 1 aromatic rings. The van der Waals surface area contributed by atoms with Gasteiger partial charge in [0, 0.05) is 18.8 Å². The molecule has 1 fully saturated rings. The minimum absolute atomic E-state index is 0.207. The van der Waals surface area contributed by atoms with E-state index in [2.05, 4.69) is 30.4 Å². The lowest BCUT2D eigenvalue weighted by atomic mass is 9.77. The predicted molar refractivity (Wildman–Crippen MR) is 81.9 cm³/mol. The number of benzene rings is 1. The van der Waals surface area contributed by atoms with Crippen molar-refractivity contribution in [3.8, 4) is 0 Å². The van der Waals surface area contributed by atoms with Crippen molar-refractivity contribution < 1.29 is 4.79 Å². The van der Waals surface area contributed by atoms with Gasteiger partial charge >= 0.3 is 0 Å². The largest absolute Gasteiger partial charge is 0.315 e. The average Bonchev–Trinajstić information content (AvgIpc) is 2.67. The van der Waals surface area contributed by atoms with E-state index in [-0.39, 0.29) is 5.91 Å². The highest BCUT2D eigenvalue weighted by Gasteiger charge is 2.30. The normalized spacial score (nSPS) is 19.9. The molecule has 1 aliphatic heterocycles. The molecule has 0 saturated heterocycles. The quantitative estimate of drug-likeness (QED) is 0.893. The highest BCUT2D eigenvalue weighted by Crippen LogP contribution is 2.39. The summed E-state index contributed by atoms with van der Waals surface area (Å²) in [5.41, 5.74) is 3.64. The minimum Gasteiger partial charge on any atom is -0.315 e. The maximum absolute atomic E-state index is 11.8. The molecule has 1 aliphatic carbocycles. The Morgan fingerprint density at radius 1 is 1.40 bits per heavy atom. The summed E-state index contributed by atoms with van der Waals surface area (Å²) in [4.78, 5) is 13.6. The molecule has 1 atom stereocenters. The molecular weight excluding hydrogens is 248 g/mol. The van der Waals surface area contributed by atoms with Crippen LogP contribution in [0.5, 0.6) is 0 Å². The van der Waals surface area contributed by atoms with Crippen LogP contribution in [0.15, 0.2) is 18.2 Å². The molecule has 1 N–H and O–H groups in total. The van der Waals surface area contributed by atoms with Gasteiger partial charge in [0.15, 0.2) is 0 Å². The van der Waals surface area contributed by atoms with Crippen LogP contribution < -0.4 is 10.2 Å². The fourth-order valence-corrected chi connectivity index (χ4v) is 3.31. The van der Waals surface area contributed by atoms with E-state index in [0.717, 1.165) is 24.6 Å². The molecule has 2 aliphatic rings. The van der Waals surface area contributed by atoms with E-state index in [1.807, 2.05) is 7.05 Å². The highest BCUT2D eigenvalue weighted by molar-refractivity contribution is 6.00. The van der Waals surface area contributed by atoms with Gasteiger partial charge in [0.1, 0.15) is 0 Å². The van der Waals surface area contributed by atoms with Gasteiger partial charge in [0.2, 0.25) is 5.91 Å². The Hall–Kier alpha value is -1.35. The number of nitrogens with one attached hydrogen (secondary N) is 1. The lowest BCUT2D eigenvalue weighted by Gasteiger charge is -2.35. The number of carbonyl (C=O) groups excluding carboxylic acids is 1. The molecule has 0 aromatic heterocycles. The Morgan fingerprint density at radius 2 is 2.20 bits per heavy atom. The van der Waals surface area contributed by atoms with E-state index in [1.165, 1.54) is 30.4 Å². The SMILES string of the molecule is CCCNC(c1ccc2c(c1)CC(=O)N2C)C1CCC1. The number of carbonyl (C=O) groups is 1. The molecule has 0 bridgehead atoms. The first kappa shape index (κ1) is 13.6. The third-order valence-electron chi connectivity index (χ3n) is 4.78. The molecule has 0 spiro atoms. The topological polar surface area (TPSA) is 32.3 Å². The fraction of sp³-hybridized carbons (Fsp3) is 0.588. The molecule has 20 heavy (non-hydrogen) atoms. The van der Waals surface area contributed by atoms with Gasteiger partial charge < -0.3 is 10.2 Å². The van der Waals surface area contributed by atoms with E-state index in [1.54, 1.807) is 4.90 Å². The number of hydrogen-bond donors (Lipinski definition) is 1. The van der Waals surface area contributed by atoms with Gasteiger partial charge in [-0.3, -0.25) is 4.79 Å². The number of amides is 1. The van der Waals surface area contributed by atoms with Crippen LogP contribution in [0.25, 0.3) is 0 Å². The van der Waals surface area contributed by atoms with Crippen LogP contribution >= 0.6 is 0 Å². The van der Waals surface area contributed by atoms with Gasteiger partial charge in [-0.2, -0.15) is 0 Å². The van der Waals surface area contributed by atoms with Crippen LogP contribution in [-0.2, 0) is 11.2 Å². The monoisotopic (exact) mass is 272 g/mol. The summed E-state index contributed by atoms with van der Waals surface area (Å²) < 4.78 is 0. The van der Waals surface area contributed by atoms with Crippen molar-refractivity contribution in [1.82, 2.24) is 5.32 Å². The Bertz CT molecular complexity index is 508. The Kier molecular flexibility index (Phi) is 3.79. The number of rotatable bonds is 5. The second-order valence-corrected chi connectivity index (χ2v) is 6.14. The van der Waals surface area contributed by atoms with Crippen LogP contribution in [0.2, 0.25) is 0 Å². The molecule has 1 heterocycles. The predicted octanol–water partition coefficient (Wildman–Crippen LogP) is 3.05. The van der Waals surface area contributed by atoms with Gasteiger partial charge in [0.05, 0.1) is 6.42 Å². The van der Waals surface area contributed by atoms with E-state index in [4.69, 9.17) is 0 Å². The van der Waals surface area contributed by atoms with Crippen LogP contribution in [0, 0.1) is 5.92 Å². The molecule has 1 aromatic carbocycles. The fourth-order valence-electron chi connectivity index (χ4n) is 3.31. The maximum Gasteiger partial charge on any atom is 0.231 e. The smallest absolute Gasteiger partial charge is 0.231 e. The summed E-state index contributed by atoms with van der Waals surface area (Å²) in [6.45, 7) is 3.28. The van der Waals surface area contributed by atoms with Crippen molar-refractivity contribution >= 4 is 11.6 Å². The van der Waals surface area contributed by atoms with Gasteiger partial charge in [-0.05, 0) is 48.9 Å². The Morgan fingerprint density at radius 3 is 2.85 bits per heavy atom. The maximum atomic E-state index is 11.8. The van der Waals surface area contributed by atoms with Crippen molar-refractivity contribution in [1.29, 1.82) is 0 Å². The number of fused-ring (bicyclic) bond motifs is 1. The summed E-state index contributed by atoms with van der Waals surface area (Å²) in [5.74, 6) is 0.980. The summed E-state index contributed by atoms with van der Waals surface area (Å²) >= 11 is 0. The Balaban J connectivity index is 1.84. The van der Waals surface area contributed by atoms with Gasteiger partial charge in [-0.25, -0.2) is 0 Å². The van der Waals surface area contributed by atoms with Gasteiger partial charge in [-0.1, -0.05) is 25.5 Å². The Labute approximate surface area is 121 Å². The van der Waals surface area contributed by atoms with Crippen LogP contribution in [0.1, 0.15) is 49.8 Å². The van der Waals surface area contributed by atoms with Crippen molar-refractivity contribution in [2.45, 2.75) is 45.1 Å². The molecule has 1 amide bonds. The first-order valence-corrected chi connectivity index (χ1v) is 7.83. The van der Waals surface area contributed by atoms with Crippen molar-refractivity contribution in [2.75, 3.05) is 18.5 Å². The van der Waals surface area contributed by atoms with Crippen LogP contribution in [0.4, 0.5) is 5.69 Å². The highest BCUT2D eigenvalue weighted by atomic mass is 16.2. The first-order chi connectivity index (χ1) is 9.70. The number of nitrogens with zero attached hydrogens (tertiary/aromatic N) is 1. The van der Waals surface area contributed by atoms with Crippen molar-refractivity contribution in [3.05, 3.63) is 29.3 Å². The zero-order chi connectivity index (χ0) is 14.1. The molecule has 3 heteroatoms. The summed E-state index contributed by atoms with van der Waals surface area (Å²) in [5, 5.41) is 3.70. The number of likely N-dealkylation sites (N-methyl/N-ethyl adjacent to an activating group) is 1. The van der Waals surface area contributed by atoms with Gasteiger partial charge in [-0.15, -0.1) is 0 Å². The number of hydrogen-bond acceptors (Lipinski definition) is 2. The standard InChI is InChI=1S/C17H24N2O/c1-3-9-18-17(12-5-4-6-12)13-7-8-15-14(10-13)11-16(20)19(15)2/h7-8,10,12,17-18H,3-6,9,11H2,1-2H3. The van der Waals surface area contributed by atoms with E-state index < -0.39 is 0 Å². The minimum atomic E-state index is 0.207. The second-order valence-electron chi connectivity index (χ2n) is 6.14. The van der Waals surface area contributed by atoms with Crippen molar-refractivity contribution in [2.24, 2.45) is 5.92 Å². The molecular formula is C17H24N2O. The number of anilines is 1. The molecule has 108 valence electrons. The third kappa shape index (κ3) is 2.35. The van der Waals surface area contributed by atoms with Crippen LogP contribution in [0.3, 0.4) is 0 Å². The van der Waals surface area contributed by atoms with E-state index in [0.29, 0.717) is 12.5 Å². The lowest BCUT2D eigenvalue weighted by molar-refractivity contribution is -0.117.